The van der Waals surface area contributed by atoms with Gasteiger partial charge in [-0.05, 0) is 44.4 Å². The van der Waals surface area contributed by atoms with Crippen molar-refractivity contribution in [3.63, 3.8) is 0 Å². The second-order valence-corrected chi connectivity index (χ2v) is 6.25. The summed E-state index contributed by atoms with van der Waals surface area (Å²) in [5.74, 6) is 2.59. The molecule has 2 aromatic rings. The van der Waals surface area contributed by atoms with E-state index in [-0.39, 0.29) is 5.91 Å². The number of hydrogen-bond acceptors (Lipinski definition) is 6. The van der Waals surface area contributed by atoms with Crippen LogP contribution in [0.5, 0.6) is 11.5 Å². The van der Waals surface area contributed by atoms with Crippen LogP contribution in [-0.2, 0) is 11.2 Å². The highest BCUT2D eigenvalue weighted by Crippen LogP contribution is 2.31. The first-order valence-electron chi connectivity index (χ1n) is 9.13. The third kappa shape index (κ3) is 4.33. The van der Waals surface area contributed by atoms with E-state index in [1.807, 2.05) is 30.0 Å². The van der Waals surface area contributed by atoms with Crippen LogP contribution in [0.15, 0.2) is 22.7 Å². The maximum atomic E-state index is 12.1. The first-order valence-corrected chi connectivity index (χ1v) is 9.13. The van der Waals surface area contributed by atoms with Crippen molar-refractivity contribution in [1.29, 1.82) is 0 Å². The van der Waals surface area contributed by atoms with Gasteiger partial charge in [-0.1, -0.05) is 5.16 Å². The zero-order valence-electron chi connectivity index (χ0n) is 15.4. The topological polar surface area (TPSA) is 77.7 Å². The van der Waals surface area contributed by atoms with Gasteiger partial charge in [-0.3, -0.25) is 4.79 Å². The number of ether oxygens (including phenoxy) is 2. The number of aryl methyl sites for hydroxylation is 1. The third-order valence-electron chi connectivity index (χ3n) is 4.43. The summed E-state index contributed by atoms with van der Waals surface area (Å²) < 4.78 is 16.2. The van der Waals surface area contributed by atoms with Crippen LogP contribution in [0.3, 0.4) is 0 Å². The molecule has 2 heterocycles. The van der Waals surface area contributed by atoms with Crippen molar-refractivity contribution in [2.24, 2.45) is 0 Å². The quantitative estimate of drug-likeness (QED) is 0.721. The van der Waals surface area contributed by atoms with Gasteiger partial charge in [-0.15, -0.1) is 0 Å². The largest absolute Gasteiger partial charge is 0.493 e. The lowest BCUT2D eigenvalue weighted by Gasteiger charge is -2.14. The first kappa shape index (κ1) is 18.2. The Kier molecular flexibility index (Phi) is 6.09. The maximum Gasteiger partial charge on any atom is 0.226 e. The highest BCUT2D eigenvalue weighted by molar-refractivity contribution is 5.76. The van der Waals surface area contributed by atoms with E-state index in [4.69, 9.17) is 14.0 Å². The number of nitrogens with zero attached hydrogens (tertiary/aromatic N) is 3. The molecule has 0 aliphatic carbocycles. The smallest absolute Gasteiger partial charge is 0.226 e. The van der Waals surface area contributed by atoms with E-state index in [1.165, 1.54) is 0 Å². The van der Waals surface area contributed by atoms with Crippen LogP contribution in [0.25, 0.3) is 11.4 Å². The predicted octanol–water partition coefficient (Wildman–Crippen LogP) is 3.09. The molecule has 0 bridgehead atoms. The Morgan fingerprint density at radius 2 is 2.08 bits per heavy atom. The first-order chi connectivity index (χ1) is 12.7. The van der Waals surface area contributed by atoms with Gasteiger partial charge in [0.1, 0.15) is 0 Å². The molecule has 1 aliphatic rings. The van der Waals surface area contributed by atoms with Gasteiger partial charge in [0, 0.05) is 31.5 Å². The number of rotatable bonds is 8. The van der Waals surface area contributed by atoms with Crippen molar-refractivity contribution >= 4 is 5.91 Å². The molecule has 1 aliphatic heterocycles. The van der Waals surface area contributed by atoms with Crippen molar-refractivity contribution in [1.82, 2.24) is 15.0 Å². The van der Waals surface area contributed by atoms with E-state index in [2.05, 4.69) is 10.1 Å². The van der Waals surface area contributed by atoms with E-state index in [9.17, 15) is 4.79 Å². The monoisotopic (exact) mass is 359 g/mol. The molecule has 0 atom stereocenters. The molecule has 7 nitrogen and oxygen atoms in total. The van der Waals surface area contributed by atoms with Crippen LogP contribution in [0.2, 0.25) is 0 Å². The SMILES string of the molecule is CCOc1ccc(-c2noc(CCCC(=O)N3CCCC3)n2)cc1OC. The molecule has 1 aromatic carbocycles. The number of likely N-dealkylation sites (tertiary alicyclic amines) is 1. The second kappa shape index (κ2) is 8.69. The molecule has 0 spiro atoms. The van der Waals surface area contributed by atoms with Crippen molar-refractivity contribution in [2.75, 3.05) is 26.8 Å². The van der Waals surface area contributed by atoms with Gasteiger partial charge in [0.25, 0.3) is 0 Å². The molecule has 1 amide bonds. The Labute approximate surface area is 153 Å². The molecule has 1 fully saturated rings. The van der Waals surface area contributed by atoms with Crippen molar-refractivity contribution in [3.05, 3.63) is 24.1 Å². The summed E-state index contributed by atoms with van der Waals surface area (Å²) in [6.45, 7) is 4.28. The Balaban J connectivity index is 1.58. The zero-order valence-corrected chi connectivity index (χ0v) is 15.4. The molecule has 0 radical (unpaired) electrons. The number of benzene rings is 1. The Hall–Kier alpha value is -2.57. The summed E-state index contributed by atoms with van der Waals surface area (Å²) in [4.78, 5) is 18.4. The number of carbonyl (C=O) groups is 1. The molecule has 0 unspecified atom stereocenters. The fourth-order valence-electron chi connectivity index (χ4n) is 3.07. The fraction of sp³-hybridized carbons (Fsp3) is 0.526. The van der Waals surface area contributed by atoms with E-state index >= 15 is 0 Å². The van der Waals surface area contributed by atoms with Gasteiger partial charge in [0.15, 0.2) is 11.5 Å². The number of carbonyl (C=O) groups excluding carboxylic acids is 1. The predicted molar refractivity (Wildman–Crippen MR) is 96.2 cm³/mol. The summed E-state index contributed by atoms with van der Waals surface area (Å²) >= 11 is 0. The molecule has 7 heteroatoms. The van der Waals surface area contributed by atoms with Crippen LogP contribution in [-0.4, -0.2) is 47.8 Å². The summed E-state index contributed by atoms with van der Waals surface area (Å²) in [7, 11) is 1.60. The normalized spacial score (nSPS) is 13.8. The average molecular weight is 359 g/mol. The summed E-state index contributed by atoms with van der Waals surface area (Å²) in [6, 6.07) is 5.54. The van der Waals surface area contributed by atoms with Crippen LogP contribution < -0.4 is 9.47 Å². The molecular formula is C19H25N3O4. The summed E-state index contributed by atoms with van der Waals surface area (Å²) in [6.07, 6.45) is 4.06. The average Bonchev–Trinajstić information content (AvgIpc) is 3.34. The minimum absolute atomic E-state index is 0.221. The molecular weight excluding hydrogens is 334 g/mol. The van der Waals surface area contributed by atoms with Crippen LogP contribution in [0, 0.1) is 0 Å². The summed E-state index contributed by atoms with van der Waals surface area (Å²) in [5.41, 5.74) is 0.799. The lowest BCUT2D eigenvalue weighted by atomic mass is 10.2. The van der Waals surface area contributed by atoms with Gasteiger partial charge >= 0.3 is 0 Å². The van der Waals surface area contributed by atoms with Gasteiger partial charge in [0.2, 0.25) is 17.6 Å². The molecule has 0 N–H and O–H groups in total. The van der Waals surface area contributed by atoms with Crippen molar-refractivity contribution in [3.8, 4) is 22.9 Å². The van der Waals surface area contributed by atoms with E-state index < -0.39 is 0 Å². The van der Waals surface area contributed by atoms with E-state index in [0.717, 1.165) is 31.5 Å². The molecule has 1 saturated heterocycles. The lowest BCUT2D eigenvalue weighted by molar-refractivity contribution is -0.130. The minimum atomic E-state index is 0.221. The Morgan fingerprint density at radius 1 is 1.27 bits per heavy atom. The van der Waals surface area contributed by atoms with E-state index in [0.29, 0.717) is 49.1 Å². The molecule has 3 rings (SSSR count). The molecule has 140 valence electrons. The van der Waals surface area contributed by atoms with Gasteiger partial charge < -0.3 is 18.9 Å². The van der Waals surface area contributed by atoms with Crippen molar-refractivity contribution in [2.45, 2.75) is 39.0 Å². The van der Waals surface area contributed by atoms with Crippen molar-refractivity contribution < 1.29 is 18.8 Å². The van der Waals surface area contributed by atoms with Gasteiger partial charge in [-0.2, -0.15) is 4.98 Å². The molecule has 1 aromatic heterocycles. The molecule has 26 heavy (non-hydrogen) atoms. The van der Waals surface area contributed by atoms with Gasteiger partial charge in [0.05, 0.1) is 13.7 Å². The number of aromatic nitrogens is 2. The van der Waals surface area contributed by atoms with Crippen LogP contribution in [0.4, 0.5) is 0 Å². The van der Waals surface area contributed by atoms with E-state index in [1.54, 1.807) is 7.11 Å². The molecule has 0 saturated carbocycles. The fourth-order valence-corrected chi connectivity index (χ4v) is 3.07. The minimum Gasteiger partial charge on any atom is -0.493 e. The number of amides is 1. The zero-order chi connectivity index (χ0) is 18.4. The third-order valence-corrected chi connectivity index (χ3v) is 4.43. The summed E-state index contributed by atoms with van der Waals surface area (Å²) in [5, 5.41) is 4.03. The van der Waals surface area contributed by atoms with Crippen LogP contribution in [0.1, 0.15) is 38.5 Å². The standard InChI is InChI=1S/C19H25N3O4/c1-3-25-15-10-9-14(13-16(15)24-2)19-20-17(26-21-19)7-6-8-18(23)22-11-4-5-12-22/h9-10,13H,3-8,11-12H2,1-2H3. The highest BCUT2D eigenvalue weighted by Gasteiger charge is 2.18. The Morgan fingerprint density at radius 3 is 2.81 bits per heavy atom. The number of methoxy groups -OCH3 is 1. The second-order valence-electron chi connectivity index (χ2n) is 6.25. The lowest BCUT2D eigenvalue weighted by Crippen LogP contribution is -2.27. The Bertz CT molecular complexity index is 738. The number of hydrogen-bond donors (Lipinski definition) is 0. The highest BCUT2D eigenvalue weighted by atomic mass is 16.5. The maximum absolute atomic E-state index is 12.1. The van der Waals surface area contributed by atoms with Gasteiger partial charge in [-0.25, -0.2) is 0 Å². The van der Waals surface area contributed by atoms with Crippen LogP contribution >= 0.6 is 0 Å².